The number of rotatable bonds is 6. The van der Waals surface area contributed by atoms with Gasteiger partial charge in [-0.15, -0.1) is 0 Å². The van der Waals surface area contributed by atoms with E-state index in [1.807, 2.05) is 0 Å². The van der Waals surface area contributed by atoms with Crippen LogP contribution in [0.15, 0.2) is 11.6 Å². The molecule has 0 heterocycles. The fourth-order valence-corrected chi connectivity index (χ4v) is 9.41. The zero-order chi connectivity index (χ0) is 22.6. The third-order valence-corrected chi connectivity index (χ3v) is 11.0. The van der Waals surface area contributed by atoms with Crippen molar-refractivity contribution in [1.82, 2.24) is 0 Å². The van der Waals surface area contributed by atoms with Gasteiger partial charge in [0.05, 0.1) is 6.10 Å². The molecule has 0 bridgehead atoms. The van der Waals surface area contributed by atoms with Gasteiger partial charge in [0.15, 0.2) is 0 Å². The van der Waals surface area contributed by atoms with Crippen LogP contribution in [0.1, 0.15) is 98.8 Å². The number of halogens is 1. The van der Waals surface area contributed by atoms with Gasteiger partial charge in [-0.2, -0.15) is 0 Å². The molecule has 2 nitrogen and oxygen atoms in total. The lowest BCUT2D eigenvalue weighted by molar-refractivity contribution is -0.128. The van der Waals surface area contributed by atoms with Crippen LogP contribution < -0.4 is 0 Å². The van der Waals surface area contributed by atoms with Crippen molar-refractivity contribution >= 4 is 16.8 Å². The second-order valence-electron chi connectivity index (χ2n) is 12.6. The molecule has 4 aliphatic carbocycles. The first-order valence-corrected chi connectivity index (χ1v) is 13.5. The maximum Gasteiger partial charge on any atom is 0.225 e. The van der Waals surface area contributed by atoms with E-state index in [-0.39, 0.29) is 16.6 Å². The molecule has 0 saturated heterocycles. The minimum absolute atomic E-state index is 0.150. The predicted octanol–water partition coefficient (Wildman–Crippen LogP) is 7.38. The molecule has 176 valence electrons. The summed E-state index contributed by atoms with van der Waals surface area (Å²) in [4.78, 5) is 12.5. The van der Waals surface area contributed by atoms with Gasteiger partial charge in [-0.25, -0.2) is 0 Å². The second kappa shape index (κ2) is 8.79. The predicted molar refractivity (Wildman–Crippen MR) is 129 cm³/mol. The van der Waals surface area contributed by atoms with Crippen LogP contribution in [-0.4, -0.2) is 16.5 Å². The number of hydrogen-bond donors (Lipinski definition) is 1. The summed E-state index contributed by atoms with van der Waals surface area (Å²) >= 11 is 6.16. The molecule has 9 atom stereocenters. The van der Waals surface area contributed by atoms with Gasteiger partial charge >= 0.3 is 0 Å². The van der Waals surface area contributed by atoms with Crippen molar-refractivity contribution in [2.75, 3.05) is 0 Å². The molecule has 1 N–H and O–H groups in total. The normalized spacial score (nSPS) is 45.5. The molecule has 3 saturated carbocycles. The number of hydrogen-bond acceptors (Lipinski definition) is 2. The molecule has 4 aliphatic rings. The van der Waals surface area contributed by atoms with Crippen molar-refractivity contribution in [2.24, 2.45) is 52.3 Å². The van der Waals surface area contributed by atoms with Gasteiger partial charge in [-0.3, -0.25) is 4.79 Å². The molecular weight excluding hydrogens is 404 g/mol. The zero-order valence-electron chi connectivity index (χ0n) is 20.5. The summed E-state index contributed by atoms with van der Waals surface area (Å²) in [5.74, 6) is 4.24. The minimum Gasteiger partial charge on any atom is -0.393 e. The van der Waals surface area contributed by atoms with Crippen LogP contribution in [0.3, 0.4) is 0 Å². The first-order chi connectivity index (χ1) is 14.6. The van der Waals surface area contributed by atoms with Gasteiger partial charge < -0.3 is 5.11 Å². The average Bonchev–Trinajstić information content (AvgIpc) is 3.04. The summed E-state index contributed by atoms with van der Waals surface area (Å²) < 4.78 is 0. The number of aliphatic hydroxyl groups excluding tert-OH is 1. The number of aliphatic hydroxyl groups is 1. The van der Waals surface area contributed by atoms with E-state index in [0.717, 1.165) is 36.5 Å². The number of carbonyl (C=O) groups is 1. The molecule has 1 unspecified atom stereocenters. The number of allylic oxidation sites excluding steroid dienone is 1. The van der Waals surface area contributed by atoms with Crippen LogP contribution in [0, 0.1) is 52.3 Å². The van der Waals surface area contributed by atoms with Crippen LogP contribution >= 0.6 is 11.6 Å². The molecule has 0 aromatic rings. The molecule has 4 rings (SSSR count). The topological polar surface area (TPSA) is 37.3 Å². The number of fused-ring (bicyclic) bond motifs is 5. The molecule has 0 aromatic carbocycles. The highest BCUT2D eigenvalue weighted by Gasteiger charge is 2.61. The van der Waals surface area contributed by atoms with E-state index < -0.39 is 6.10 Å². The molecule has 0 spiro atoms. The van der Waals surface area contributed by atoms with E-state index in [9.17, 15) is 9.90 Å². The molecule has 0 aliphatic heterocycles. The van der Waals surface area contributed by atoms with E-state index in [4.69, 9.17) is 11.6 Å². The molecule has 3 fully saturated rings. The molecule has 3 heteroatoms. The zero-order valence-corrected chi connectivity index (χ0v) is 21.3. The van der Waals surface area contributed by atoms with Gasteiger partial charge in [-0.1, -0.05) is 65.5 Å². The Balaban J connectivity index is 1.56. The Hall–Kier alpha value is -0.340. The lowest BCUT2D eigenvalue weighted by atomic mass is 9.45. The van der Waals surface area contributed by atoms with Gasteiger partial charge in [-0.05, 0) is 97.5 Å². The van der Waals surface area contributed by atoms with Crippen molar-refractivity contribution < 1.29 is 9.90 Å². The fraction of sp³-hybridized carbons (Fsp3) is 0.893. The largest absolute Gasteiger partial charge is 0.393 e. The lowest BCUT2D eigenvalue weighted by Crippen LogP contribution is -2.55. The van der Waals surface area contributed by atoms with E-state index >= 15 is 0 Å². The standard InChI is InChI=1S/C28H45ClO2/c1-17(2)7-6-8-18(3)22-11-12-23-21-10-9-19-15-20(30)16-25(26(29)31)28(19,5)24(21)13-14-27(22,23)4/h9,17-18,20-25,30H,6-8,10-16H2,1-5H3/t18-,20-,21+,22-,23+,24+,25?,27-,28+/m1/s1. The highest BCUT2D eigenvalue weighted by Crippen LogP contribution is 2.68. The van der Waals surface area contributed by atoms with Crippen molar-refractivity contribution in [3.63, 3.8) is 0 Å². The maximum atomic E-state index is 12.5. The van der Waals surface area contributed by atoms with Crippen molar-refractivity contribution in [3.05, 3.63) is 11.6 Å². The third kappa shape index (κ3) is 3.96. The molecule has 31 heavy (non-hydrogen) atoms. The summed E-state index contributed by atoms with van der Waals surface area (Å²) in [7, 11) is 0. The maximum absolute atomic E-state index is 12.5. The first-order valence-electron chi connectivity index (χ1n) is 13.2. The second-order valence-corrected chi connectivity index (χ2v) is 13.0. The van der Waals surface area contributed by atoms with Gasteiger partial charge in [0.25, 0.3) is 0 Å². The Morgan fingerprint density at radius 3 is 2.58 bits per heavy atom. The van der Waals surface area contributed by atoms with E-state index in [1.165, 1.54) is 50.5 Å². The summed E-state index contributed by atoms with van der Waals surface area (Å²) in [6.45, 7) is 12.1. The molecular formula is C28H45ClO2. The van der Waals surface area contributed by atoms with Gasteiger partial charge in [0.1, 0.15) is 0 Å². The summed E-state index contributed by atoms with van der Waals surface area (Å²) in [5, 5.41) is 10.2. The van der Waals surface area contributed by atoms with Gasteiger partial charge in [0, 0.05) is 11.3 Å². The minimum atomic E-state index is -0.417. The Labute approximate surface area is 195 Å². The van der Waals surface area contributed by atoms with Crippen LogP contribution in [0.2, 0.25) is 0 Å². The highest BCUT2D eigenvalue weighted by atomic mass is 35.5. The van der Waals surface area contributed by atoms with Crippen LogP contribution in [0.25, 0.3) is 0 Å². The third-order valence-electron chi connectivity index (χ3n) is 10.7. The first kappa shape index (κ1) is 23.8. The van der Waals surface area contributed by atoms with Crippen molar-refractivity contribution in [3.8, 4) is 0 Å². The Morgan fingerprint density at radius 2 is 1.90 bits per heavy atom. The van der Waals surface area contributed by atoms with E-state index in [1.54, 1.807) is 0 Å². The van der Waals surface area contributed by atoms with Crippen molar-refractivity contribution in [1.29, 1.82) is 0 Å². The smallest absolute Gasteiger partial charge is 0.225 e. The van der Waals surface area contributed by atoms with Crippen LogP contribution in [0.5, 0.6) is 0 Å². The molecule has 0 radical (unpaired) electrons. The summed E-state index contributed by atoms with van der Waals surface area (Å²) in [6.07, 6.45) is 13.8. The SMILES string of the molecule is CC(C)CCC[C@@H](C)[C@H]1CC[C@H]2[C@@H]3CC=C4C[C@@H](O)CC(C(=O)Cl)[C@]4(C)[C@H]3CC[C@]12C. The van der Waals surface area contributed by atoms with Crippen LogP contribution in [-0.2, 0) is 4.79 Å². The average molecular weight is 449 g/mol. The quantitative estimate of drug-likeness (QED) is 0.340. The summed E-state index contributed by atoms with van der Waals surface area (Å²) in [5.41, 5.74) is 1.63. The van der Waals surface area contributed by atoms with E-state index in [2.05, 4.69) is 40.7 Å². The van der Waals surface area contributed by atoms with Crippen molar-refractivity contribution in [2.45, 2.75) is 105 Å². The Kier molecular flexibility index (Phi) is 6.75. The Bertz CT molecular complexity index is 714. The highest BCUT2D eigenvalue weighted by molar-refractivity contribution is 6.64. The van der Waals surface area contributed by atoms with Gasteiger partial charge in [0.2, 0.25) is 5.24 Å². The van der Waals surface area contributed by atoms with Crippen LogP contribution in [0.4, 0.5) is 0 Å². The fourth-order valence-electron chi connectivity index (χ4n) is 9.09. The monoisotopic (exact) mass is 448 g/mol. The molecule has 0 amide bonds. The lowest BCUT2D eigenvalue weighted by Gasteiger charge is -2.60. The Morgan fingerprint density at radius 1 is 1.16 bits per heavy atom. The number of carbonyl (C=O) groups excluding carboxylic acids is 1. The van der Waals surface area contributed by atoms with E-state index in [0.29, 0.717) is 23.7 Å². The summed E-state index contributed by atoms with van der Waals surface area (Å²) in [6, 6.07) is 0. The molecule has 0 aromatic heterocycles.